The van der Waals surface area contributed by atoms with Crippen molar-refractivity contribution in [2.75, 3.05) is 18.0 Å². The first-order valence-corrected chi connectivity index (χ1v) is 7.94. The van der Waals surface area contributed by atoms with Gasteiger partial charge in [0.15, 0.2) is 5.78 Å². The number of carbonyl (C=O) groups is 1. The molecule has 1 saturated heterocycles. The van der Waals surface area contributed by atoms with Crippen molar-refractivity contribution in [3.63, 3.8) is 0 Å². The zero-order valence-electron chi connectivity index (χ0n) is 11.0. The quantitative estimate of drug-likeness (QED) is 0.806. The standard InChI is InChI=1S/C15H15ClN2OS/c16-12-3-1-7-17-15(12)18-8-5-11(6-9-18)14(19)13-4-2-10-20-13/h1-4,7,10-11H,5-6,8-9H2. The molecule has 5 heteroatoms. The van der Waals surface area contributed by atoms with Crippen molar-refractivity contribution in [2.24, 2.45) is 5.92 Å². The van der Waals surface area contributed by atoms with Gasteiger partial charge in [-0.15, -0.1) is 11.3 Å². The maximum absolute atomic E-state index is 12.3. The Bertz CT molecular complexity index is 592. The summed E-state index contributed by atoms with van der Waals surface area (Å²) in [5, 5.41) is 2.63. The maximum Gasteiger partial charge on any atom is 0.175 e. The molecular formula is C15H15ClN2OS. The Labute approximate surface area is 127 Å². The lowest BCUT2D eigenvalue weighted by molar-refractivity contribution is 0.0904. The zero-order chi connectivity index (χ0) is 13.9. The summed E-state index contributed by atoms with van der Waals surface area (Å²) in [5.41, 5.74) is 0. The van der Waals surface area contributed by atoms with Gasteiger partial charge < -0.3 is 4.90 Å². The number of hydrogen-bond acceptors (Lipinski definition) is 4. The highest BCUT2D eigenvalue weighted by Crippen LogP contribution is 2.29. The average molecular weight is 307 g/mol. The molecule has 1 aliphatic rings. The number of anilines is 1. The van der Waals surface area contributed by atoms with Crippen molar-refractivity contribution < 1.29 is 4.79 Å². The van der Waals surface area contributed by atoms with Crippen molar-refractivity contribution in [3.05, 3.63) is 45.7 Å². The summed E-state index contributed by atoms with van der Waals surface area (Å²) in [6.07, 6.45) is 3.48. The fraction of sp³-hybridized carbons (Fsp3) is 0.333. The Balaban J connectivity index is 1.65. The van der Waals surface area contributed by atoms with E-state index in [4.69, 9.17) is 11.6 Å². The highest BCUT2D eigenvalue weighted by atomic mass is 35.5. The van der Waals surface area contributed by atoms with Crippen LogP contribution in [0.15, 0.2) is 35.8 Å². The van der Waals surface area contributed by atoms with Crippen LogP contribution in [-0.4, -0.2) is 23.9 Å². The molecule has 3 rings (SSSR count). The van der Waals surface area contributed by atoms with Crippen molar-refractivity contribution in [3.8, 4) is 0 Å². The lowest BCUT2D eigenvalue weighted by Crippen LogP contribution is -2.36. The van der Waals surface area contributed by atoms with E-state index in [-0.39, 0.29) is 11.7 Å². The average Bonchev–Trinajstić information content (AvgIpc) is 3.01. The monoisotopic (exact) mass is 306 g/mol. The minimum absolute atomic E-state index is 0.132. The summed E-state index contributed by atoms with van der Waals surface area (Å²) < 4.78 is 0. The molecule has 3 heterocycles. The molecule has 1 aliphatic heterocycles. The van der Waals surface area contributed by atoms with Crippen molar-refractivity contribution in [1.29, 1.82) is 0 Å². The van der Waals surface area contributed by atoms with Gasteiger partial charge in [0.05, 0.1) is 9.90 Å². The summed E-state index contributed by atoms with van der Waals surface area (Å²) >= 11 is 7.70. The van der Waals surface area contributed by atoms with E-state index in [0.717, 1.165) is 36.6 Å². The van der Waals surface area contributed by atoms with Crippen molar-refractivity contribution in [2.45, 2.75) is 12.8 Å². The maximum atomic E-state index is 12.3. The third-order valence-corrected chi connectivity index (χ3v) is 4.85. The van der Waals surface area contributed by atoms with Crippen LogP contribution in [0.2, 0.25) is 5.02 Å². The lowest BCUT2D eigenvalue weighted by atomic mass is 9.92. The number of ketones is 1. The van der Waals surface area contributed by atoms with Crippen LogP contribution in [0.3, 0.4) is 0 Å². The zero-order valence-corrected chi connectivity index (χ0v) is 12.5. The molecular weight excluding hydrogens is 292 g/mol. The van der Waals surface area contributed by atoms with Crippen LogP contribution in [-0.2, 0) is 0 Å². The number of thiophene rings is 1. The van der Waals surface area contributed by atoms with Gasteiger partial charge in [0.25, 0.3) is 0 Å². The molecule has 0 aliphatic carbocycles. The minimum atomic E-state index is 0.132. The summed E-state index contributed by atoms with van der Waals surface area (Å²) in [6, 6.07) is 7.53. The Kier molecular flexibility index (Phi) is 4.03. The van der Waals surface area contributed by atoms with Gasteiger partial charge in [0, 0.05) is 25.2 Å². The van der Waals surface area contributed by atoms with Gasteiger partial charge in [-0.2, -0.15) is 0 Å². The number of Topliss-reactive ketones (excluding diaryl/α,β-unsaturated/α-hetero) is 1. The van der Waals surface area contributed by atoms with Gasteiger partial charge in [-0.3, -0.25) is 4.79 Å². The van der Waals surface area contributed by atoms with E-state index < -0.39 is 0 Å². The van der Waals surface area contributed by atoms with Gasteiger partial charge in [-0.1, -0.05) is 17.7 Å². The Morgan fingerprint density at radius 1 is 1.30 bits per heavy atom. The van der Waals surface area contributed by atoms with Crippen LogP contribution in [0.25, 0.3) is 0 Å². The smallest absolute Gasteiger partial charge is 0.175 e. The van der Waals surface area contributed by atoms with Crippen LogP contribution in [0.1, 0.15) is 22.5 Å². The molecule has 0 atom stereocenters. The van der Waals surface area contributed by atoms with E-state index >= 15 is 0 Å². The largest absolute Gasteiger partial charge is 0.355 e. The highest BCUT2D eigenvalue weighted by molar-refractivity contribution is 7.12. The minimum Gasteiger partial charge on any atom is -0.355 e. The second kappa shape index (κ2) is 5.94. The third kappa shape index (κ3) is 2.72. The van der Waals surface area contributed by atoms with E-state index in [1.54, 1.807) is 6.20 Å². The van der Waals surface area contributed by atoms with E-state index in [1.807, 2.05) is 29.6 Å². The van der Waals surface area contributed by atoms with Gasteiger partial charge in [-0.25, -0.2) is 4.98 Å². The van der Waals surface area contributed by atoms with Crippen molar-refractivity contribution >= 4 is 34.5 Å². The predicted octanol–water partition coefficient (Wildman–Crippen LogP) is 3.90. The molecule has 104 valence electrons. The molecule has 0 N–H and O–H groups in total. The molecule has 2 aromatic rings. The SMILES string of the molecule is O=C(c1cccs1)C1CCN(c2ncccc2Cl)CC1. The lowest BCUT2D eigenvalue weighted by Gasteiger charge is -2.32. The molecule has 0 unspecified atom stereocenters. The summed E-state index contributed by atoms with van der Waals surface area (Å²) in [6.45, 7) is 1.66. The molecule has 20 heavy (non-hydrogen) atoms. The van der Waals surface area contributed by atoms with E-state index in [9.17, 15) is 4.79 Å². The van der Waals surface area contributed by atoms with Gasteiger partial charge in [0.1, 0.15) is 5.82 Å². The number of carbonyl (C=O) groups excluding carboxylic acids is 1. The molecule has 0 saturated carbocycles. The molecule has 0 aromatic carbocycles. The molecule has 0 radical (unpaired) electrons. The van der Waals surface area contributed by atoms with E-state index in [1.165, 1.54) is 11.3 Å². The first kappa shape index (κ1) is 13.6. The molecule has 3 nitrogen and oxygen atoms in total. The first-order valence-electron chi connectivity index (χ1n) is 6.69. The Hall–Kier alpha value is -1.39. The van der Waals surface area contributed by atoms with Crippen LogP contribution >= 0.6 is 22.9 Å². The summed E-state index contributed by atoms with van der Waals surface area (Å²) in [5.74, 6) is 1.25. The highest BCUT2D eigenvalue weighted by Gasteiger charge is 2.27. The topological polar surface area (TPSA) is 33.2 Å². The number of halogens is 1. The normalized spacial score (nSPS) is 16.4. The van der Waals surface area contributed by atoms with Crippen LogP contribution in [0.5, 0.6) is 0 Å². The Morgan fingerprint density at radius 3 is 2.75 bits per heavy atom. The molecule has 1 fully saturated rings. The van der Waals surface area contributed by atoms with Crippen LogP contribution in [0.4, 0.5) is 5.82 Å². The number of hydrogen-bond donors (Lipinski definition) is 0. The second-order valence-electron chi connectivity index (χ2n) is 4.91. The molecule has 0 bridgehead atoms. The van der Waals surface area contributed by atoms with Crippen LogP contribution < -0.4 is 4.90 Å². The number of piperidine rings is 1. The van der Waals surface area contributed by atoms with Gasteiger partial charge in [0.2, 0.25) is 0 Å². The Morgan fingerprint density at radius 2 is 2.10 bits per heavy atom. The fourth-order valence-corrected chi connectivity index (χ4v) is 3.57. The number of aromatic nitrogens is 1. The van der Waals surface area contributed by atoms with Gasteiger partial charge in [-0.05, 0) is 36.4 Å². The number of nitrogens with zero attached hydrogens (tertiary/aromatic N) is 2. The second-order valence-corrected chi connectivity index (χ2v) is 6.27. The fourth-order valence-electron chi connectivity index (χ4n) is 2.58. The van der Waals surface area contributed by atoms with Crippen LogP contribution in [0, 0.1) is 5.92 Å². The first-order chi connectivity index (χ1) is 9.75. The van der Waals surface area contributed by atoms with E-state index in [2.05, 4.69) is 9.88 Å². The molecule has 2 aromatic heterocycles. The molecule has 0 amide bonds. The molecule has 0 spiro atoms. The van der Waals surface area contributed by atoms with Gasteiger partial charge >= 0.3 is 0 Å². The summed E-state index contributed by atoms with van der Waals surface area (Å²) in [4.78, 5) is 19.7. The summed E-state index contributed by atoms with van der Waals surface area (Å²) in [7, 11) is 0. The predicted molar refractivity (Wildman–Crippen MR) is 82.8 cm³/mol. The third-order valence-electron chi connectivity index (χ3n) is 3.67. The number of rotatable bonds is 3. The number of pyridine rings is 1. The van der Waals surface area contributed by atoms with Crippen molar-refractivity contribution in [1.82, 2.24) is 4.98 Å². The van der Waals surface area contributed by atoms with E-state index in [0.29, 0.717) is 5.02 Å².